The van der Waals surface area contributed by atoms with Crippen molar-refractivity contribution in [3.63, 3.8) is 0 Å². The van der Waals surface area contributed by atoms with E-state index in [2.05, 4.69) is 29.0 Å². The Morgan fingerprint density at radius 3 is 2.73 bits per heavy atom. The Morgan fingerprint density at radius 2 is 2.03 bits per heavy atom. The highest BCUT2D eigenvalue weighted by Crippen LogP contribution is 2.40. The molecular formula is C27H32N4O4S2. The van der Waals surface area contributed by atoms with Crippen LogP contribution in [0.25, 0.3) is 11.4 Å². The predicted octanol–water partition coefficient (Wildman–Crippen LogP) is 5.62. The summed E-state index contributed by atoms with van der Waals surface area (Å²) in [7, 11) is 0. The molecule has 4 rings (SSSR count). The first-order chi connectivity index (χ1) is 17.9. The number of anilines is 1. The Balaban J connectivity index is 1.49. The zero-order valence-electron chi connectivity index (χ0n) is 21.4. The molecule has 1 aliphatic carbocycles. The van der Waals surface area contributed by atoms with Gasteiger partial charge in [-0.15, -0.1) is 28.1 Å². The van der Waals surface area contributed by atoms with E-state index in [-0.39, 0.29) is 17.6 Å². The zero-order chi connectivity index (χ0) is 26.4. The minimum Gasteiger partial charge on any atom is -0.494 e. The lowest BCUT2D eigenvalue weighted by Gasteiger charge is -2.18. The third-order valence-electron chi connectivity index (χ3n) is 6.03. The van der Waals surface area contributed by atoms with Crippen molar-refractivity contribution in [2.45, 2.75) is 51.7 Å². The molecule has 1 aliphatic rings. The van der Waals surface area contributed by atoms with Crippen molar-refractivity contribution in [3.8, 4) is 17.1 Å². The maximum atomic E-state index is 13.0. The molecule has 1 amide bonds. The topological polar surface area (TPSA) is 95.3 Å². The van der Waals surface area contributed by atoms with Crippen molar-refractivity contribution in [3.05, 3.63) is 52.9 Å². The lowest BCUT2D eigenvalue weighted by atomic mass is 9.88. The quantitative estimate of drug-likeness (QED) is 0.191. The number of carbonyl (C=O) groups excluding carboxylic acids is 2. The molecule has 0 saturated carbocycles. The molecule has 0 saturated heterocycles. The summed E-state index contributed by atoms with van der Waals surface area (Å²) in [5, 5.41) is 12.8. The van der Waals surface area contributed by atoms with Gasteiger partial charge in [-0.25, -0.2) is 4.79 Å². The third-order valence-corrected chi connectivity index (χ3v) is 8.17. The molecule has 0 aliphatic heterocycles. The van der Waals surface area contributed by atoms with Gasteiger partial charge in [-0.3, -0.25) is 9.36 Å². The van der Waals surface area contributed by atoms with Gasteiger partial charge in [-0.05, 0) is 68.9 Å². The number of hydrogen-bond acceptors (Lipinski definition) is 8. The van der Waals surface area contributed by atoms with E-state index in [9.17, 15) is 9.59 Å². The van der Waals surface area contributed by atoms with Crippen LogP contribution in [0.15, 0.2) is 42.1 Å². The largest absolute Gasteiger partial charge is 0.494 e. The number of nitrogens with one attached hydrogen (secondary N) is 1. The number of amides is 1. The number of fused-ring (bicyclic) bond motifs is 1. The first-order valence-electron chi connectivity index (χ1n) is 12.5. The van der Waals surface area contributed by atoms with Gasteiger partial charge in [0.05, 0.1) is 24.5 Å². The summed E-state index contributed by atoms with van der Waals surface area (Å²) in [5.41, 5.74) is 2.43. The zero-order valence-corrected chi connectivity index (χ0v) is 23.0. The highest BCUT2D eigenvalue weighted by Gasteiger charge is 2.29. The number of benzene rings is 1. The van der Waals surface area contributed by atoms with Crippen molar-refractivity contribution in [2.75, 3.05) is 24.3 Å². The summed E-state index contributed by atoms with van der Waals surface area (Å²) in [5.74, 6) is 1.58. The summed E-state index contributed by atoms with van der Waals surface area (Å²) in [4.78, 5) is 26.9. The van der Waals surface area contributed by atoms with Gasteiger partial charge in [0.1, 0.15) is 10.8 Å². The van der Waals surface area contributed by atoms with Gasteiger partial charge in [0.25, 0.3) is 0 Å². The first-order valence-corrected chi connectivity index (χ1v) is 14.3. The lowest BCUT2D eigenvalue weighted by Crippen LogP contribution is -2.18. The number of thioether (sulfide) groups is 1. The van der Waals surface area contributed by atoms with Crippen molar-refractivity contribution in [1.82, 2.24) is 14.8 Å². The number of nitrogens with zero attached hydrogens (tertiary/aromatic N) is 3. The van der Waals surface area contributed by atoms with Crippen LogP contribution in [0.1, 0.15) is 48.0 Å². The monoisotopic (exact) mass is 540 g/mol. The molecule has 37 heavy (non-hydrogen) atoms. The Morgan fingerprint density at radius 1 is 1.24 bits per heavy atom. The Labute approximate surface area is 225 Å². The molecule has 196 valence electrons. The number of rotatable bonds is 11. The molecule has 8 nitrogen and oxygen atoms in total. The molecule has 1 atom stereocenters. The second-order valence-electron chi connectivity index (χ2n) is 8.78. The molecule has 0 fully saturated rings. The van der Waals surface area contributed by atoms with Gasteiger partial charge in [0.2, 0.25) is 5.91 Å². The summed E-state index contributed by atoms with van der Waals surface area (Å²) >= 11 is 2.78. The number of hydrogen-bond donors (Lipinski definition) is 1. The standard InChI is InChI=1S/C27H32N4O4S2/c1-5-14-31-24(18-9-11-19(12-10-18)34-6-2)29-30-27(31)36-16-22(32)28-25-23(26(33)35-7-3)20-13-8-17(4)15-21(20)37-25/h5,9-12,17H,1,6-8,13-16H2,2-4H3,(H,28,32). The minimum atomic E-state index is -0.372. The number of carbonyl (C=O) groups is 2. The van der Waals surface area contributed by atoms with Crippen LogP contribution in [0.2, 0.25) is 0 Å². The van der Waals surface area contributed by atoms with Crippen LogP contribution in [-0.2, 0) is 28.9 Å². The highest BCUT2D eigenvalue weighted by atomic mass is 32.2. The van der Waals surface area contributed by atoms with Crippen LogP contribution in [0.3, 0.4) is 0 Å². The Hall–Kier alpha value is -3.11. The number of thiophene rings is 1. The second kappa shape index (κ2) is 12.4. The lowest BCUT2D eigenvalue weighted by molar-refractivity contribution is -0.113. The van der Waals surface area contributed by atoms with Crippen LogP contribution in [0.4, 0.5) is 5.00 Å². The fraction of sp³-hybridized carbons (Fsp3) is 0.407. The van der Waals surface area contributed by atoms with Gasteiger partial charge in [0.15, 0.2) is 11.0 Å². The van der Waals surface area contributed by atoms with E-state index in [4.69, 9.17) is 9.47 Å². The molecule has 0 bridgehead atoms. The average molecular weight is 541 g/mol. The van der Waals surface area contributed by atoms with E-state index in [1.807, 2.05) is 35.8 Å². The van der Waals surface area contributed by atoms with Crippen molar-refractivity contribution in [1.29, 1.82) is 0 Å². The minimum absolute atomic E-state index is 0.125. The first kappa shape index (κ1) is 26.9. The van der Waals surface area contributed by atoms with Crippen molar-refractivity contribution >= 4 is 40.0 Å². The van der Waals surface area contributed by atoms with Crippen LogP contribution in [0, 0.1) is 5.92 Å². The van der Waals surface area contributed by atoms with E-state index in [1.54, 1.807) is 13.0 Å². The maximum absolute atomic E-state index is 13.0. The molecule has 1 unspecified atom stereocenters. The average Bonchev–Trinajstić information content (AvgIpc) is 3.44. The summed E-state index contributed by atoms with van der Waals surface area (Å²) in [6.45, 7) is 11.2. The number of allylic oxidation sites excluding steroid dienone is 1. The Kier molecular flexibility index (Phi) is 9.04. The SMILES string of the molecule is C=CCn1c(SCC(=O)Nc2sc3c(c2C(=O)OCC)CCC(C)C3)nnc1-c1ccc(OCC)cc1. The van der Waals surface area contributed by atoms with Crippen LogP contribution in [0.5, 0.6) is 5.75 Å². The highest BCUT2D eigenvalue weighted by molar-refractivity contribution is 7.99. The second-order valence-corrected chi connectivity index (χ2v) is 10.8. The molecule has 2 aromatic heterocycles. The predicted molar refractivity (Wildman–Crippen MR) is 148 cm³/mol. The van der Waals surface area contributed by atoms with Gasteiger partial charge >= 0.3 is 5.97 Å². The van der Waals surface area contributed by atoms with Crippen LogP contribution < -0.4 is 10.1 Å². The number of aromatic nitrogens is 3. The van der Waals surface area contributed by atoms with E-state index in [0.29, 0.717) is 47.2 Å². The van der Waals surface area contributed by atoms with Crippen molar-refractivity contribution in [2.24, 2.45) is 5.92 Å². The van der Waals surface area contributed by atoms with Crippen molar-refractivity contribution < 1.29 is 19.1 Å². The van der Waals surface area contributed by atoms with E-state index >= 15 is 0 Å². The summed E-state index contributed by atoms with van der Waals surface area (Å²) < 4.78 is 12.8. The normalized spacial score (nSPS) is 14.6. The van der Waals surface area contributed by atoms with Gasteiger partial charge in [0, 0.05) is 17.0 Å². The Bertz CT molecular complexity index is 1270. The van der Waals surface area contributed by atoms with Gasteiger partial charge in [-0.2, -0.15) is 0 Å². The summed E-state index contributed by atoms with van der Waals surface area (Å²) in [6.07, 6.45) is 4.53. The van der Waals surface area contributed by atoms with Gasteiger partial charge in [-0.1, -0.05) is 24.8 Å². The molecule has 0 spiro atoms. The summed E-state index contributed by atoms with van der Waals surface area (Å²) in [6, 6.07) is 7.67. The number of esters is 1. The molecule has 3 aromatic rings. The molecule has 10 heteroatoms. The molecule has 0 radical (unpaired) electrons. The van der Waals surface area contributed by atoms with Crippen LogP contribution >= 0.6 is 23.1 Å². The van der Waals surface area contributed by atoms with Gasteiger partial charge < -0.3 is 14.8 Å². The molecular weight excluding hydrogens is 508 g/mol. The van der Waals surface area contributed by atoms with E-state index in [0.717, 1.165) is 41.0 Å². The smallest absolute Gasteiger partial charge is 0.341 e. The fourth-order valence-corrected chi connectivity index (χ4v) is 6.48. The van der Waals surface area contributed by atoms with E-state index < -0.39 is 0 Å². The molecule has 1 N–H and O–H groups in total. The van der Waals surface area contributed by atoms with Crippen LogP contribution in [-0.4, -0.2) is 45.6 Å². The number of ether oxygens (including phenoxy) is 2. The fourth-order valence-electron chi connectivity index (χ4n) is 4.32. The maximum Gasteiger partial charge on any atom is 0.341 e. The third kappa shape index (κ3) is 6.24. The van der Waals surface area contributed by atoms with E-state index in [1.165, 1.54) is 23.1 Å². The molecule has 1 aromatic carbocycles. The molecule has 2 heterocycles.